The molecule has 9 rings (SSSR count). The number of fused-ring (bicyclic) bond motifs is 8. The van der Waals surface area contributed by atoms with E-state index in [1.807, 2.05) is 6.92 Å². The third-order valence-corrected chi connectivity index (χ3v) is 20.8. The van der Waals surface area contributed by atoms with Gasteiger partial charge in [0.15, 0.2) is 8.32 Å². The molecule has 0 aromatic heterocycles. The predicted octanol–water partition coefficient (Wildman–Crippen LogP) is 6.71. The second-order valence-electron chi connectivity index (χ2n) is 20.6. The fraction of sp³-hybridized carbons (Fsp3) is 0.951. The van der Waals surface area contributed by atoms with Crippen molar-refractivity contribution in [1.29, 1.82) is 0 Å². The monoisotopic (exact) mass is 880 g/mol. The lowest BCUT2D eigenvalue weighted by Gasteiger charge is -2.55. The first-order valence-corrected chi connectivity index (χ1v) is 26.1. The molecule has 9 heterocycles. The van der Waals surface area contributed by atoms with E-state index in [-0.39, 0.29) is 103 Å². The van der Waals surface area contributed by atoms with Crippen LogP contribution in [0.5, 0.6) is 0 Å². The molecule has 13 nitrogen and oxygen atoms in total. The van der Waals surface area contributed by atoms with Crippen molar-refractivity contribution in [3.05, 3.63) is 12.0 Å². The summed E-state index contributed by atoms with van der Waals surface area (Å²) in [5.41, 5.74) is -7.06. The highest BCUT2D eigenvalue weighted by Gasteiger charge is 2.59. The standard InChI is InChI=1S/C41H63F3O13SSi/c1-21-24(57-59(7,8)38(2,3)4)15-26-25(47-21)18-33-23(48-26)10-12-36-40(6,55-33)20-34-31(52-36)17-28-29(51-34)16-27-30(50-28)19-32-22(49-27)9-11-35-39(5,54-32)14-13-37(53-35)56-58(45,46)41(42,43)44/h13,21-36H,9-12,14-20H2,1-8H3/t21-,22+,23+,24+,25+,26-,27-,28-,29+,30+,31+,32-,33-,34-,35-,36-,39+,40+/m1/s1. The summed E-state index contributed by atoms with van der Waals surface area (Å²) >= 11 is 0. The number of rotatable bonds is 4. The topological polar surface area (TPSA) is 136 Å². The summed E-state index contributed by atoms with van der Waals surface area (Å²) in [5.74, 6) is -0.690. The van der Waals surface area contributed by atoms with Crippen LogP contribution in [-0.2, 0) is 61.4 Å². The van der Waals surface area contributed by atoms with Crippen LogP contribution in [0.25, 0.3) is 0 Å². The van der Waals surface area contributed by atoms with Gasteiger partial charge in [0.25, 0.3) is 5.95 Å². The molecule has 0 unspecified atom stereocenters. The zero-order valence-electron chi connectivity index (χ0n) is 35.4. The van der Waals surface area contributed by atoms with E-state index in [0.717, 1.165) is 25.7 Å². The van der Waals surface area contributed by atoms with Gasteiger partial charge in [-0.3, -0.25) is 0 Å². The molecular weight excluding hydrogens is 818 g/mol. The van der Waals surface area contributed by atoms with E-state index in [4.69, 9.17) is 47.1 Å². The Balaban J connectivity index is 0.819. The number of hydrogen-bond acceptors (Lipinski definition) is 13. The molecule has 0 aliphatic carbocycles. The SMILES string of the molecule is C[C@H]1O[C@H]2C[C@H]3O[C@@]4(C)C[C@H]5O[C@H]6C[C@H]7O[C@H]8CC[C@H]9OC(OS(=O)(=O)C(F)(F)F)=CC[C@]9(C)O[C@@H]8C[C@@H]7O[C@@H]6C[C@@H]5O[C@@H]4CC[C@@H]3O[C@@H]2C[C@@H]1O[Si](C)(C)C(C)(C)C. The number of alkyl halides is 3. The first-order chi connectivity index (χ1) is 27.5. The molecule has 0 radical (unpaired) electrons. The minimum Gasteiger partial charge on any atom is -0.458 e. The van der Waals surface area contributed by atoms with Gasteiger partial charge in [0.1, 0.15) is 11.7 Å². The zero-order chi connectivity index (χ0) is 42.1. The molecule has 9 aliphatic heterocycles. The molecule has 0 aromatic carbocycles. The molecule has 0 amide bonds. The van der Waals surface area contributed by atoms with E-state index in [2.05, 4.69) is 51.9 Å². The van der Waals surface area contributed by atoms with Gasteiger partial charge in [-0.05, 0) is 64.6 Å². The van der Waals surface area contributed by atoms with Crippen molar-refractivity contribution >= 4 is 18.4 Å². The summed E-state index contributed by atoms with van der Waals surface area (Å²) in [6, 6.07) is 0. The maximum Gasteiger partial charge on any atom is 0.534 e. The van der Waals surface area contributed by atoms with Crippen LogP contribution in [0, 0.1) is 0 Å². The van der Waals surface area contributed by atoms with Gasteiger partial charge in [-0.1, -0.05) is 20.8 Å². The second-order valence-corrected chi connectivity index (χ2v) is 26.9. The minimum absolute atomic E-state index is 0.000821. The Morgan fingerprint density at radius 2 is 1.15 bits per heavy atom. The van der Waals surface area contributed by atoms with Gasteiger partial charge < -0.3 is 51.2 Å². The molecule has 18 atom stereocenters. The fourth-order valence-corrected chi connectivity index (χ4v) is 12.8. The summed E-state index contributed by atoms with van der Waals surface area (Å²) in [7, 11) is -7.85. The lowest BCUT2D eigenvalue weighted by atomic mass is 9.80. The van der Waals surface area contributed by atoms with E-state index in [1.165, 1.54) is 6.08 Å². The van der Waals surface area contributed by atoms with Crippen molar-refractivity contribution in [3.8, 4) is 0 Å². The van der Waals surface area contributed by atoms with Crippen LogP contribution in [0.2, 0.25) is 18.1 Å². The highest BCUT2D eigenvalue weighted by Crippen LogP contribution is 2.50. The Morgan fingerprint density at radius 3 is 1.75 bits per heavy atom. The van der Waals surface area contributed by atoms with Gasteiger partial charge in [-0.15, -0.1) is 0 Å². The van der Waals surface area contributed by atoms with Crippen molar-refractivity contribution in [2.75, 3.05) is 0 Å². The normalized spacial score (nSPS) is 48.9. The Morgan fingerprint density at radius 1 is 0.661 bits per heavy atom. The van der Waals surface area contributed by atoms with Gasteiger partial charge in [0.2, 0.25) is 0 Å². The van der Waals surface area contributed by atoms with Crippen LogP contribution < -0.4 is 0 Å². The molecule has 0 bridgehead atoms. The van der Waals surface area contributed by atoms with E-state index in [9.17, 15) is 21.6 Å². The third kappa shape index (κ3) is 8.07. The summed E-state index contributed by atoms with van der Waals surface area (Å²) in [4.78, 5) is 0. The van der Waals surface area contributed by atoms with Crippen LogP contribution in [0.1, 0.15) is 112 Å². The van der Waals surface area contributed by atoms with Crippen molar-refractivity contribution in [3.63, 3.8) is 0 Å². The van der Waals surface area contributed by atoms with Crippen molar-refractivity contribution in [2.24, 2.45) is 0 Å². The predicted molar refractivity (Wildman–Crippen MR) is 206 cm³/mol. The third-order valence-electron chi connectivity index (χ3n) is 15.4. The minimum atomic E-state index is -5.86. The maximum atomic E-state index is 13.0. The average molecular weight is 881 g/mol. The van der Waals surface area contributed by atoms with E-state index < -0.39 is 47.2 Å². The number of ether oxygens (including phenoxy) is 9. The Labute approximate surface area is 347 Å². The molecule has 0 N–H and O–H groups in total. The average Bonchev–Trinajstić information content (AvgIpc) is 3.35. The molecule has 0 aromatic rings. The molecule has 18 heteroatoms. The van der Waals surface area contributed by atoms with Crippen molar-refractivity contribution < 1.29 is 72.8 Å². The largest absolute Gasteiger partial charge is 0.534 e. The Hall–Kier alpha value is -1.06. The molecule has 59 heavy (non-hydrogen) atoms. The Bertz CT molecular complexity index is 1730. The second kappa shape index (κ2) is 15.0. The molecule has 336 valence electrons. The quantitative estimate of drug-likeness (QED) is 0.168. The number of hydrogen-bond donors (Lipinski definition) is 0. The first-order valence-electron chi connectivity index (χ1n) is 21.8. The summed E-state index contributed by atoms with van der Waals surface area (Å²) < 4.78 is 134. The van der Waals surface area contributed by atoms with Crippen LogP contribution in [-0.4, -0.2) is 131 Å². The zero-order valence-corrected chi connectivity index (χ0v) is 37.3. The van der Waals surface area contributed by atoms with Crippen LogP contribution in [0.15, 0.2) is 12.0 Å². The number of halogens is 3. The molecule has 0 saturated carbocycles. The van der Waals surface area contributed by atoms with Crippen LogP contribution in [0.4, 0.5) is 13.2 Å². The van der Waals surface area contributed by atoms with Gasteiger partial charge in [0, 0.05) is 51.0 Å². The summed E-state index contributed by atoms with van der Waals surface area (Å²) in [6.07, 6.45) is 5.04. The smallest absolute Gasteiger partial charge is 0.458 e. The van der Waals surface area contributed by atoms with Gasteiger partial charge in [-0.25, -0.2) is 0 Å². The molecule has 8 fully saturated rings. The lowest BCUT2D eigenvalue weighted by molar-refractivity contribution is -0.325. The molecule has 8 saturated heterocycles. The highest BCUT2D eigenvalue weighted by molar-refractivity contribution is 7.87. The van der Waals surface area contributed by atoms with E-state index >= 15 is 0 Å². The maximum absolute atomic E-state index is 13.0. The van der Waals surface area contributed by atoms with E-state index in [1.54, 1.807) is 0 Å². The van der Waals surface area contributed by atoms with Gasteiger partial charge in [-0.2, -0.15) is 21.6 Å². The van der Waals surface area contributed by atoms with Crippen molar-refractivity contribution in [2.45, 2.75) is 245 Å². The molecule has 0 spiro atoms. The Kier molecular flexibility index (Phi) is 11.0. The first kappa shape index (κ1) is 43.2. The molecular formula is C41H63F3O13SSi. The highest BCUT2D eigenvalue weighted by atomic mass is 32.2. The lowest BCUT2D eigenvalue weighted by Crippen LogP contribution is -2.65. The van der Waals surface area contributed by atoms with Crippen molar-refractivity contribution in [1.82, 2.24) is 0 Å². The van der Waals surface area contributed by atoms with Crippen LogP contribution in [0.3, 0.4) is 0 Å². The summed E-state index contributed by atoms with van der Waals surface area (Å²) in [5, 5.41) is 0.107. The summed E-state index contributed by atoms with van der Waals surface area (Å²) in [6.45, 7) is 17.5. The van der Waals surface area contributed by atoms with Gasteiger partial charge >= 0.3 is 15.6 Å². The van der Waals surface area contributed by atoms with Crippen LogP contribution >= 0.6 is 0 Å². The van der Waals surface area contributed by atoms with Gasteiger partial charge in [0.05, 0.1) is 97.2 Å². The molecule has 9 aliphatic rings. The fourth-order valence-electron chi connectivity index (χ4n) is 11.0. The van der Waals surface area contributed by atoms with E-state index in [0.29, 0.717) is 38.5 Å².